The van der Waals surface area contributed by atoms with Crippen molar-refractivity contribution in [1.82, 2.24) is 0 Å². The van der Waals surface area contributed by atoms with Crippen molar-refractivity contribution < 1.29 is 14.7 Å². The largest absolute Gasteiger partial charge is 0.507 e. The summed E-state index contributed by atoms with van der Waals surface area (Å²) >= 11 is 0. The van der Waals surface area contributed by atoms with E-state index in [2.05, 4.69) is 30.3 Å². The summed E-state index contributed by atoms with van der Waals surface area (Å²) in [5, 5.41) is 12.8. The summed E-state index contributed by atoms with van der Waals surface area (Å²) < 4.78 is 0. The van der Waals surface area contributed by atoms with E-state index in [9.17, 15) is 14.7 Å². The topological polar surface area (TPSA) is 54.4 Å². The van der Waals surface area contributed by atoms with E-state index in [1.54, 1.807) is 24.3 Å². The molecule has 0 aliphatic heterocycles. The van der Waals surface area contributed by atoms with E-state index in [0.717, 1.165) is 6.42 Å². The van der Waals surface area contributed by atoms with Crippen molar-refractivity contribution in [3.05, 3.63) is 89.0 Å². The molecule has 1 aliphatic rings. The highest BCUT2D eigenvalue weighted by atomic mass is 16.3. The summed E-state index contributed by atoms with van der Waals surface area (Å²) in [5.74, 6) is -1.16. The van der Waals surface area contributed by atoms with Crippen molar-refractivity contribution in [2.45, 2.75) is 19.3 Å². The number of ketones is 2. The van der Waals surface area contributed by atoms with Crippen LogP contribution in [-0.2, 0) is 11.2 Å². The van der Waals surface area contributed by atoms with E-state index in [-0.39, 0.29) is 16.9 Å². The first-order valence-corrected chi connectivity index (χ1v) is 8.73. The zero-order chi connectivity index (χ0) is 18.1. The molecule has 4 rings (SSSR count). The Kier molecular flexibility index (Phi) is 4.13. The second-order valence-electron chi connectivity index (χ2n) is 6.57. The molecule has 0 atom stereocenters. The van der Waals surface area contributed by atoms with Crippen LogP contribution in [0.5, 0.6) is 0 Å². The molecular weight excluding hydrogens is 324 g/mol. The number of aliphatic hydroxyl groups excluding tert-OH is 1. The molecule has 0 fully saturated rings. The first kappa shape index (κ1) is 16.3. The summed E-state index contributed by atoms with van der Waals surface area (Å²) in [7, 11) is 0. The normalized spacial score (nSPS) is 14.0. The number of benzene rings is 3. The summed E-state index contributed by atoms with van der Waals surface area (Å²) in [4.78, 5) is 24.6. The predicted octanol–water partition coefficient (Wildman–Crippen LogP) is 4.90. The highest BCUT2D eigenvalue weighted by Gasteiger charge is 2.31. The van der Waals surface area contributed by atoms with Crippen molar-refractivity contribution in [3.8, 4) is 0 Å². The SMILES string of the molecule is O=C1C(=O)c2ccccc2C(O)=C1CCCc1ccc2ccccc2c1. The summed E-state index contributed by atoms with van der Waals surface area (Å²) in [5.41, 5.74) is 2.15. The Bertz CT molecular complexity index is 1060. The van der Waals surface area contributed by atoms with E-state index in [1.165, 1.54) is 16.3 Å². The number of carbonyl (C=O) groups excluding carboxylic acids is 2. The number of hydrogen-bond donors (Lipinski definition) is 1. The number of carbonyl (C=O) groups is 2. The van der Waals surface area contributed by atoms with Gasteiger partial charge in [0.05, 0.1) is 0 Å². The number of hydrogen-bond acceptors (Lipinski definition) is 3. The maximum Gasteiger partial charge on any atom is 0.234 e. The van der Waals surface area contributed by atoms with Gasteiger partial charge in [0.1, 0.15) is 5.76 Å². The lowest BCUT2D eigenvalue weighted by Gasteiger charge is -2.17. The third-order valence-electron chi connectivity index (χ3n) is 4.90. The molecule has 0 radical (unpaired) electrons. The second kappa shape index (κ2) is 6.60. The van der Waals surface area contributed by atoms with E-state index in [1.807, 2.05) is 12.1 Å². The predicted molar refractivity (Wildman–Crippen MR) is 102 cm³/mol. The fraction of sp³-hybridized carbons (Fsp3) is 0.130. The Morgan fingerprint density at radius 3 is 2.19 bits per heavy atom. The van der Waals surface area contributed by atoms with Gasteiger partial charge in [0, 0.05) is 16.7 Å². The molecule has 0 aromatic heterocycles. The Labute approximate surface area is 151 Å². The highest BCUT2D eigenvalue weighted by molar-refractivity contribution is 6.52. The quantitative estimate of drug-likeness (QED) is 0.686. The van der Waals surface area contributed by atoms with Crippen LogP contribution in [0.1, 0.15) is 34.3 Å². The van der Waals surface area contributed by atoms with Gasteiger partial charge in [0.15, 0.2) is 0 Å². The van der Waals surface area contributed by atoms with Crippen molar-refractivity contribution in [3.63, 3.8) is 0 Å². The van der Waals surface area contributed by atoms with Crippen LogP contribution in [-0.4, -0.2) is 16.7 Å². The summed E-state index contributed by atoms with van der Waals surface area (Å²) in [6.07, 6.45) is 1.86. The molecule has 0 saturated carbocycles. The van der Waals surface area contributed by atoms with Gasteiger partial charge in [0.25, 0.3) is 0 Å². The molecule has 128 valence electrons. The first-order chi connectivity index (χ1) is 12.6. The zero-order valence-corrected chi connectivity index (χ0v) is 14.2. The van der Waals surface area contributed by atoms with Crippen LogP contribution in [0.3, 0.4) is 0 Å². The average Bonchev–Trinajstić information content (AvgIpc) is 2.69. The molecule has 3 heteroatoms. The number of aliphatic hydroxyl groups is 1. The molecule has 1 N–H and O–H groups in total. The molecule has 0 saturated heterocycles. The minimum absolute atomic E-state index is 0.0521. The Hall–Kier alpha value is -3.20. The van der Waals surface area contributed by atoms with Gasteiger partial charge in [-0.05, 0) is 35.6 Å². The zero-order valence-electron chi connectivity index (χ0n) is 14.2. The standard InChI is InChI=1S/C23H18O3/c24-21-18-9-3-4-10-19(18)22(25)23(26)20(21)11-5-6-15-12-13-16-7-1-2-8-17(16)14-15/h1-4,7-10,12-14,24H,5-6,11H2. The van der Waals surface area contributed by atoms with Gasteiger partial charge in [0.2, 0.25) is 11.6 Å². The van der Waals surface area contributed by atoms with Gasteiger partial charge < -0.3 is 5.11 Å². The molecule has 3 aromatic rings. The Morgan fingerprint density at radius 1 is 0.692 bits per heavy atom. The third-order valence-corrected chi connectivity index (χ3v) is 4.90. The van der Waals surface area contributed by atoms with Crippen LogP contribution >= 0.6 is 0 Å². The maximum absolute atomic E-state index is 12.3. The molecule has 0 bridgehead atoms. The van der Waals surface area contributed by atoms with Gasteiger partial charge in [-0.1, -0.05) is 66.7 Å². The van der Waals surface area contributed by atoms with Crippen LogP contribution < -0.4 is 0 Å². The van der Waals surface area contributed by atoms with E-state index in [0.29, 0.717) is 18.4 Å². The fourth-order valence-electron chi connectivity index (χ4n) is 3.51. The molecule has 3 nitrogen and oxygen atoms in total. The number of fused-ring (bicyclic) bond motifs is 2. The lowest BCUT2D eigenvalue weighted by molar-refractivity contribution is -0.112. The Balaban J connectivity index is 1.53. The van der Waals surface area contributed by atoms with Gasteiger partial charge in [-0.25, -0.2) is 0 Å². The smallest absolute Gasteiger partial charge is 0.234 e. The number of rotatable bonds is 4. The van der Waals surface area contributed by atoms with Crippen LogP contribution in [0.15, 0.2) is 72.3 Å². The molecule has 0 spiro atoms. The van der Waals surface area contributed by atoms with Crippen molar-refractivity contribution in [2.75, 3.05) is 0 Å². The molecule has 0 heterocycles. The number of allylic oxidation sites excluding steroid dienone is 1. The second-order valence-corrected chi connectivity index (χ2v) is 6.57. The van der Waals surface area contributed by atoms with Crippen molar-refractivity contribution >= 4 is 28.1 Å². The van der Waals surface area contributed by atoms with Crippen molar-refractivity contribution in [2.24, 2.45) is 0 Å². The monoisotopic (exact) mass is 342 g/mol. The van der Waals surface area contributed by atoms with Gasteiger partial charge in [-0.15, -0.1) is 0 Å². The van der Waals surface area contributed by atoms with Gasteiger partial charge in [-0.2, -0.15) is 0 Å². The van der Waals surface area contributed by atoms with E-state index < -0.39 is 11.6 Å². The molecule has 1 aliphatic carbocycles. The minimum Gasteiger partial charge on any atom is -0.507 e. The van der Waals surface area contributed by atoms with E-state index >= 15 is 0 Å². The Morgan fingerprint density at radius 2 is 1.38 bits per heavy atom. The molecule has 0 amide bonds. The van der Waals surface area contributed by atoms with Crippen molar-refractivity contribution in [1.29, 1.82) is 0 Å². The molecular formula is C23H18O3. The van der Waals surface area contributed by atoms with Crippen LogP contribution in [0.25, 0.3) is 16.5 Å². The minimum atomic E-state index is -0.584. The number of Topliss-reactive ketones (excluding diaryl/α,β-unsaturated/α-hetero) is 2. The highest BCUT2D eigenvalue weighted by Crippen LogP contribution is 2.30. The van der Waals surface area contributed by atoms with Crippen LogP contribution in [0, 0.1) is 0 Å². The first-order valence-electron chi connectivity index (χ1n) is 8.73. The summed E-state index contributed by atoms with van der Waals surface area (Å²) in [6.45, 7) is 0. The molecule has 3 aromatic carbocycles. The van der Waals surface area contributed by atoms with Gasteiger partial charge >= 0.3 is 0 Å². The van der Waals surface area contributed by atoms with E-state index in [4.69, 9.17) is 0 Å². The van der Waals surface area contributed by atoms with Crippen LogP contribution in [0.4, 0.5) is 0 Å². The summed E-state index contributed by atoms with van der Waals surface area (Å²) in [6, 6.07) is 21.2. The van der Waals surface area contributed by atoms with Crippen LogP contribution in [0.2, 0.25) is 0 Å². The number of aryl methyl sites for hydroxylation is 1. The molecule has 0 unspecified atom stereocenters. The van der Waals surface area contributed by atoms with Gasteiger partial charge in [-0.3, -0.25) is 9.59 Å². The fourth-order valence-corrected chi connectivity index (χ4v) is 3.51. The lowest BCUT2D eigenvalue weighted by Crippen LogP contribution is -2.24. The average molecular weight is 342 g/mol. The lowest BCUT2D eigenvalue weighted by atomic mass is 9.86. The maximum atomic E-state index is 12.3. The third kappa shape index (κ3) is 2.82. The molecule has 26 heavy (non-hydrogen) atoms.